The normalized spacial score (nSPS) is 10.9. The summed E-state index contributed by atoms with van der Waals surface area (Å²) < 4.78 is 1.88. The monoisotopic (exact) mass is 244 g/mol. The van der Waals surface area contributed by atoms with Gasteiger partial charge < -0.3 is 5.73 Å². The Balaban J connectivity index is 2.31. The molecule has 3 rings (SSSR count). The number of pyridine rings is 1. The maximum absolute atomic E-state index is 5.97. The highest BCUT2D eigenvalue weighted by Crippen LogP contribution is 2.27. The van der Waals surface area contributed by atoms with Crippen LogP contribution in [-0.4, -0.2) is 14.6 Å². The predicted octanol–water partition coefficient (Wildman–Crippen LogP) is 2.63. The number of nitrogens with zero attached hydrogens (tertiary/aromatic N) is 3. The molecule has 0 radical (unpaired) electrons. The second-order valence-electron chi connectivity index (χ2n) is 3.68. The van der Waals surface area contributed by atoms with E-state index in [1.807, 2.05) is 28.8 Å². The molecule has 2 heterocycles. The Hall–Kier alpha value is -2.07. The van der Waals surface area contributed by atoms with Gasteiger partial charge in [0, 0.05) is 22.5 Å². The molecule has 0 bridgehead atoms. The van der Waals surface area contributed by atoms with Crippen LogP contribution in [0.15, 0.2) is 42.6 Å². The topological polar surface area (TPSA) is 56.2 Å². The predicted molar refractivity (Wildman–Crippen MR) is 67.8 cm³/mol. The molecular weight excluding hydrogens is 236 g/mol. The molecule has 0 atom stereocenters. The molecule has 2 aromatic heterocycles. The lowest BCUT2D eigenvalue weighted by Crippen LogP contribution is -1.94. The second-order valence-corrected chi connectivity index (χ2v) is 4.12. The van der Waals surface area contributed by atoms with E-state index in [1.165, 1.54) is 0 Å². The molecule has 2 N–H and O–H groups in total. The van der Waals surface area contributed by atoms with Gasteiger partial charge in [0.05, 0.1) is 0 Å². The highest BCUT2D eigenvalue weighted by atomic mass is 35.5. The van der Waals surface area contributed by atoms with Gasteiger partial charge >= 0.3 is 0 Å². The van der Waals surface area contributed by atoms with Gasteiger partial charge in [-0.05, 0) is 30.3 Å². The van der Waals surface area contributed by atoms with Gasteiger partial charge in [-0.3, -0.25) is 4.40 Å². The lowest BCUT2D eigenvalue weighted by Gasteiger charge is -2.04. The first kappa shape index (κ1) is 10.1. The Bertz CT molecular complexity index is 690. The number of hydrogen-bond acceptors (Lipinski definition) is 3. The second kappa shape index (κ2) is 3.75. The van der Waals surface area contributed by atoms with E-state index in [2.05, 4.69) is 10.2 Å². The van der Waals surface area contributed by atoms with Crippen molar-refractivity contribution in [3.05, 3.63) is 47.6 Å². The van der Waals surface area contributed by atoms with E-state index in [0.717, 1.165) is 11.2 Å². The van der Waals surface area contributed by atoms with Gasteiger partial charge in [-0.15, -0.1) is 10.2 Å². The number of nitrogen functional groups attached to an aromatic ring is 1. The first-order valence-corrected chi connectivity index (χ1v) is 5.48. The van der Waals surface area contributed by atoms with Crippen molar-refractivity contribution in [1.29, 1.82) is 0 Å². The molecule has 0 aliphatic heterocycles. The van der Waals surface area contributed by atoms with E-state index in [-0.39, 0.29) is 0 Å². The first-order chi connectivity index (χ1) is 8.25. The van der Waals surface area contributed by atoms with Crippen molar-refractivity contribution in [3.63, 3.8) is 0 Å². The van der Waals surface area contributed by atoms with Gasteiger partial charge in [0.1, 0.15) is 0 Å². The van der Waals surface area contributed by atoms with E-state index >= 15 is 0 Å². The van der Waals surface area contributed by atoms with Crippen molar-refractivity contribution in [2.45, 2.75) is 0 Å². The Morgan fingerprint density at radius 1 is 1.12 bits per heavy atom. The van der Waals surface area contributed by atoms with Gasteiger partial charge in [-0.2, -0.15) is 0 Å². The summed E-state index contributed by atoms with van der Waals surface area (Å²) in [5.41, 5.74) is 8.13. The quantitative estimate of drug-likeness (QED) is 0.670. The van der Waals surface area contributed by atoms with Crippen LogP contribution in [0, 0.1) is 0 Å². The van der Waals surface area contributed by atoms with Crippen molar-refractivity contribution < 1.29 is 0 Å². The molecule has 0 saturated heterocycles. The molecule has 17 heavy (non-hydrogen) atoms. The molecular formula is C12H9ClN4. The number of benzene rings is 1. The molecule has 0 fully saturated rings. The van der Waals surface area contributed by atoms with Gasteiger partial charge in [-0.25, -0.2) is 0 Å². The zero-order chi connectivity index (χ0) is 11.8. The molecule has 4 nitrogen and oxygen atoms in total. The maximum atomic E-state index is 5.97. The summed E-state index contributed by atoms with van der Waals surface area (Å²) in [5, 5.41) is 8.85. The molecule has 0 aliphatic carbocycles. The average Bonchev–Trinajstić information content (AvgIpc) is 2.76. The van der Waals surface area contributed by atoms with Crippen LogP contribution in [0.5, 0.6) is 0 Å². The zero-order valence-electron chi connectivity index (χ0n) is 8.84. The Kier molecular flexibility index (Phi) is 2.23. The largest absolute Gasteiger partial charge is 0.398 e. The van der Waals surface area contributed by atoms with Crippen LogP contribution in [-0.2, 0) is 0 Å². The fourth-order valence-corrected chi connectivity index (χ4v) is 1.92. The molecule has 0 aliphatic rings. The average molecular weight is 245 g/mol. The van der Waals surface area contributed by atoms with E-state index < -0.39 is 0 Å². The zero-order valence-corrected chi connectivity index (χ0v) is 9.59. The van der Waals surface area contributed by atoms with E-state index in [1.54, 1.807) is 18.2 Å². The SMILES string of the molecule is Nc1ccc(Cl)cc1-c1nnc2ccccn12. The lowest BCUT2D eigenvalue weighted by atomic mass is 10.1. The summed E-state index contributed by atoms with van der Waals surface area (Å²) in [5.74, 6) is 0.695. The third-order valence-electron chi connectivity index (χ3n) is 2.57. The molecule has 0 amide bonds. The fourth-order valence-electron chi connectivity index (χ4n) is 1.75. The van der Waals surface area contributed by atoms with Crippen molar-refractivity contribution >= 4 is 22.9 Å². The maximum Gasteiger partial charge on any atom is 0.170 e. The Labute approximate surface area is 103 Å². The smallest absolute Gasteiger partial charge is 0.170 e. The van der Waals surface area contributed by atoms with Gasteiger partial charge in [0.15, 0.2) is 11.5 Å². The van der Waals surface area contributed by atoms with Crippen molar-refractivity contribution in [3.8, 4) is 11.4 Å². The van der Waals surface area contributed by atoms with Crippen LogP contribution in [0.25, 0.3) is 17.0 Å². The number of aromatic nitrogens is 3. The third kappa shape index (κ3) is 1.62. The van der Waals surface area contributed by atoms with Crippen molar-refractivity contribution in [1.82, 2.24) is 14.6 Å². The molecule has 0 spiro atoms. The minimum Gasteiger partial charge on any atom is -0.398 e. The Morgan fingerprint density at radius 2 is 2.00 bits per heavy atom. The van der Waals surface area contributed by atoms with Gasteiger partial charge in [-0.1, -0.05) is 17.7 Å². The number of rotatable bonds is 1. The summed E-state index contributed by atoms with van der Waals surface area (Å²) in [6.07, 6.45) is 1.89. The van der Waals surface area contributed by atoms with Crippen LogP contribution in [0.3, 0.4) is 0 Å². The number of anilines is 1. The number of nitrogens with two attached hydrogens (primary N) is 1. The summed E-state index contributed by atoms with van der Waals surface area (Å²) in [7, 11) is 0. The molecule has 0 saturated carbocycles. The number of hydrogen-bond donors (Lipinski definition) is 1. The van der Waals surface area contributed by atoms with Crippen LogP contribution in [0.1, 0.15) is 0 Å². The highest BCUT2D eigenvalue weighted by molar-refractivity contribution is 6.31. The van der Waals surface area contributed by atoms with Crippen LogP contribution in [0.2, 0.25) is 5.02 Å². The van der Waals surface area contributed by atoms with Gasteiger partial charge in [0.25, 0.3) is 0 Å². The lowest BCUT2D eigenvalue weighted by molar-refractivity contribution is 1.11. The van der Waals surface area contributed by atoms with Crippen molar-refractivity contribution in [2.75, 3.05) is 5.73 Å². The summed E-state index contributed by atoms with van der Waals surface area (Å²) in [6.45, 7) is 0. The minimum absolute atomic E-state index is 0.627. The van der Waals surface area contributed by atoms with Crippen LogP contribution >= 0.6 is 11.6 Å². The minimum atomic E-state index is 0.627. The van der Waals surface area contributed by atoms with E-state index in [4.69, 9.17) is 17.3 Å². The van der Waals surface area contributed by atoms with Crippen molar-refractivity contribution in [2.24, 2.45) is 0 Å². The molecule has 5 heteroatoms. The van der Waals surface area contributed by atoms with Gasteiger partial charge in [0.2, 0.25) is 0 Å². The van der Waals surface area contributed by atoms with E-state index in [9.17, 15) is 0 Å². The fraction of sp³-hybridized carbons (Fsp3) is 0. The molecule has 3 aromatic rings. The number of fused-ring (bicyclic) bond motifs is 1. The standard InChI is InChI=1S/C12H9ClN4/c13-8-4-5-10(14)9(7-8)12-16-15-11-3-1-2-6-17(11)12/h1-7H,14H2. The molecule has 0 unspecified atom stereocenters. The highest BCUT2D eigenvalue weighted by Gasteiger charge is 2.10. The van der Waals surface area contributed by atoms with Crippen LogP contribution < -0.4 is 5.73 Å². The Morgan fingerprint density at radius 3 is 2.88 bits per heavy atom. The summed E-state index contributed by atoms with van der Waals surface area (Å²) >= 11 is 5.97. The van der Waals surface area contributed by atoms with Crippen LogP contribution in [0.4, 0.5) is 5.69 Å². The third-order valence-corrected chi connectivity index (χ3v) is 2.81. The number of halogens is 1. The first-order valence-electron chi connectivity index (χ1n) is 5.11. The van der Waals surface area contributed by atoms with E-state index in [0.29, 0.717) is 16.5 Å². The molecule has 1 aromatic carbocycles. The molecule has 84 valence electrons. The summed E-state index contributed by atoms with van der Waals surface area (Å²) in [4.78, 5) is 0. The summed E-state index contributed by atoms with van der Waals surface area (Å²) in [6, 6.07) is 11.0.